The number of anilines is 1. The van der Waals surface area contributed by atoms with Crippen LogP contribution in [0.3, 0.4) is 0 Å². The van der Waals surface area contributed by atoms with Gasteiger partial charge in [-0.1, -0.05) is 44.4 Å². The standard InChI is InChI=1S/C17H22FNO2/c1-2-3-4-5-6-9-17(21)19-16-11-10-15(18)13-14(16)8-7-12-20/h10-11,13,20H,2-6,9,12H2,1H3,(H,19,21). The van der Waals surface area contributed by atoms with Crippen LogP contribution in [0.4, 0.5) is 10.1 Å². The minimum absolute atomic E-state index is 0.0924. The number of aliphatic hydroxyl groups is 1. The Hall–Kier alpha value is -1.86. The zero-order valence-corrected chi connectivity index (χ0v) is 12.4. The first-order valence-corrected chi connectivity index (χ1v) is 7.36. The van der Waals surface area contributed by atoms with Crippen LogP contribution in [0, 0.1) is 17.7 Å². The molecule has 0 heterocycles. The highest BCUT2D eigenvalue weighted by Gasteiger charge is 2.06. The summed E-state index contributed by atoms with van der Waals surface area (Å²) in [5, 5.41) is 11.4. The molecule has 1 aromatic carbocycles. The molecule has 114 valence electrons. The van der Waals surface area contributed by atoms with Crippen molar-refractivity contribution < 1.29 is 14.3 Å². The van der Waals surface area contributed by atoms with Gasteiger partial charge in [-0.25, -0.2) is 4.39 Å². The van der Waals surface area contributed by atoms with Crippen molar-refractivity contribution in [1.29, 1.82) is 0 Å². The van der Waals surface area contributed by atoms with Crippen molar-refractivity contribution in [3.05, 3.63) is 29.6 Å². The Morgan fingerprint density at radius 1 is 1.29 bits per heavy atom. The topological polar surface area (TPSA) is 49.3 Å². The molecule has 1 amide bonds. The maximum absolute atomic E-state index is 13.2. The average Bonchev–Trinajstić information content (AvgIpc) is 2.47. The monoisotopic (exact) mass is 291 g/mol. The van der Waals surface area contributed by atoms with E-state index in [-0.39, 0.29) is 12.5 Å². The Balaban J connectivity index is 2.55. The third-order valence-electron chi connectivity index (χ3n) is 3.07. The first kappa shape index (κ1) is 17.2. The number of benzene rings is 1. The van der Waals surface area contributed by atoms with E-state index in [1.165, 1.54) is 31.0 Å². The van der Waals surface area contributed by atoms with Crippen molar-refractivity contribution >= 4 is 11.6 Å². The summed E-state index contributed by atoms with van der Waals surface area (Å²) in [5.74, 6) is 4.58. The number of rotatable bonds is 7. The summed E-state index contributed by atoms with van der Waals surface area (Å²) < 4.78 is 13.2. The van der Waals surface area contributed by atoms with E-state index in [4.69, 9.17) is 5.11 Å². The van der Waals surface area contributed by atoms with Gasteiger partial charge in [0.1, 0.15) is 12.4 Å². The molecule has 0 fully saturated rings. The Bertz CT molecular complexity index is 517. The third kappa shape index (κ3) is 6.92. The van der Waals surface area contributed by atoms with Gasteiger partial charge in [-0.2, -0.15) is 0 Å². The molecule has 0 aliphatic carbocycles. The van der Waals surface area contributed by atoms with E-state index >= 15 is 0 Å². The van der Waals surface area contributed by atoms with Gasteiger partial charge in [0.25, 0.3) is 0 Å². The minimum Gasteiger partial charge on any atom is -0.384 e. The summed E-state index contributed by atoms with van der Waals surface area (Å²) in [5.41, 5.74) is 0.860. The van der Waals surface area contributed by atoms with Crippen LogP contribution in [0.5, 0.6) is 0 Å². The first-order valence-electron chi connectivity index (χ1n) is 7.36. The van der Waals surface area contributed by atoms with Gasteiger partial charge in [-0.05, 0) is 24.6 Å². The molecular weight excluding hydrogens is 269 g/mol. The minimum atomic E-state index is -0.421. The highest BCUT2D eigenvalue weighted by atomic mass is 19.1. The fraction of sp³-hybridized carbons (Fsp3) is 0.471. The fourth-order valence-electron chi connectivity index (χ4n) is 1.97. The second-order valence-electron chi connectivity index (χ2n) is 4.86. The first-order chi connectivity index (χ1) is 10.2. The molecule has 0 unspecified atom stereocenters. The lowest BCUT2D eigenvalue weighted by Crippen LogP contribution is -2.12. The summed E-state index contributed by atoms with van der Waals surface area (Å²) in [4.78, 5) is 11.9. The Morgan fingerprint density at radius 3 is 2.76 bits per heavy atom. The molecule has 0 aromatic heterocycles. The lowest BCUT2D eigenvalue weighted by atomic mass is 10.1. The third-order valence-corrected chi connectivity index (χ3v) is 3.07. The van der Waals surface area contributed by atoms with E-state index in [0.29, 0.717) is 17.7 Å². The van der Waals surface area contributed by atoms with Gasteiger partial charge in [0.05, 0.1) is 11.3 Å². The molecular formula is C17H22FNO2. The molecule has 0 aliphatic heterocycles. The van der Waals surface area contributed by atoms with Gasteiger partial charge in [0.2, 0.25) is 5.91 Å². The molecule has 0 atom stereocenters. The van der Waals surface area contributed by atoms with Gasteiger partial charge in [0, 0.05) is 6.42 Å². The largest absolute Gasteiger partial charge is 0.384 e. The highest BCUT2D eigenvalue weighted by Crippen LogP contribution is 2.17. The molecule has 4 heteroatoms. The van der Waals surface area contributed by atoms with Crippen LogP contribution < -0.4 is 5.32 Å². The summed E-state index contributed by atoms with van der Waals surface area (Å²) in [6.45, 7) is 1.84. The molecule has 1 aromatic rings. The number of hydrogen-bond donors (Lipinski definition) is 2. The van der Waals surface area contributed by atoms with Crippen LogP contribution >= 0.6 is 0 Å². The zero-order chi connectivity index (χ0) is 15.5. The number of carbonyl (C=O) groups is 1. The van der Waals surface area contributed by atoms with Crippen LogP contribution in [0.15, 0.2) is 18.2 Å². The lowest BCUT2D eigenvalue weighted by molar-refractivity contribution is -0.116. The summed E-state index contributed by atoms with van der Waals surface area (Å²) in [6.07, 6.45) is 5.86. The van der Waals surface area contributed by atoms with Gasteiger partial charge in [-0.15, -0.1) is 0 Å². The quantitative estimate of drug-likeness (QED) is 0.597. The number of amides is 1. The predicted molar refractivity (Wildman–Crippen MR) is 82.4 cm³/mol. The molecule has 0 saturated heterocycles. The highest BCUT2D eigenvalue weighted by molar-refractivity contribution is 5.92. The van der Waals surface area contributed by atoms with E-state index in [0.717, 1.165) is 19.3 Å². The van der Waals surface area contributed by atoms with E-state index in [1.807, 2.05) is 0 Å². The van der Waals surface area contributed by atoms with Crippen molar-refractivity contribution in [1.82, 2.24) is 0 Å². The number of carbonyl (C=O) groups excluding carboxylic acids is 1. The van der Waals surface area contributed by atoms with E-state index in [2.05, 4.69) is 24.1 Å². The molecule has 1 rings (SSSR count). The van der Waals surface area contributed by atoms with Crippen LogP contribution in [-0.2, 0) is 4.79 Å². The van der Waals surface area contributed by atoms with Crippen molar-refractivity contribution in [3.63, 3.8) is 0 Å². The van der Waals surface area contributed by atoms with Gasteiger partial charge in [0.15, 0.2) is 0 Å². The van der Waals surface area contributed by atoms with Crippen LogP contribution in [-0.4, -0.2) is 17.6 Å². The number of aliphatic hydroxyl groups excluding tert-OH is 1. The SMILES string of the molecule is CCCCCCCC(=O)Nc1ccc(F)cc1C#CCO. The number of nitrogens with one attached hydrogen (secondary N) is 1. The molecule has 3 nitrogen and oxygen atoms in total. The molecule has 2 N–H and O–H groups in total. The summed E-state index contributed by atoms with van der Waals surface area (Å²) >= 11 is 0. The van der Waals surface area contributed by atoms with E-state index in [1.54, 1.807) is 0 Å². The zero-order valence-electron chi connectivity index (χ0n) is 12.4. The smallest absolute Gasteiger partial charge is 0.224 e. The molecule has 0 radical (unpaired) electrons. The maximum Gasteiger partial charge on any atom is 0.224 e. The molecule has 21 heavy (non-hydrogen) atoms. The maximum atomic E-state index is 13.2. The second-order valence-corrected chi connectivity index (χ2v) is 4.86. The van der Waals surface area contributed by atoms with Gasteiger partial charge >= 0.3 is 0 Å². The van der Waals surface area contributed by atoms with E-state index < -0.39 is 5.82 Å². The predicted octanol–water partition coefficient (Wildman–Crippen LogP) is 3.47. The van der Waals surface area contributed by atoms with Crippen LogP contribution in [0.25, 0.3) is 0 Å². The number of halogens is 1. The molecule has 0 aliphatic rings. The summed E-state index contributed by atoms with van der Waals surface area (Å²) in [7, 11) is 0. The van der Waals surface area contributed by atoms with Crippen molar-refractivity contribution in [2.75, 3.05) is 11.9 Å². The molecule has 0 saturated carbocycles. The van der Waals surface area contributed by atoms with Crippen LogP contribution in [0.2, 0.25) is 0 Å². The average molecular weight is 291 g/mol. The van der Waals surface area contributed by atoms with Crippen molar-refractivity contribution in [2.24, 2.45) is 0 Å². The number of unbranched alkanes of at least 4 members (excludes halogenated alkanes) is 4. The summed E-state index contributed by atoms with van der Waals surface area (Å²) in [6, 6.07) is 4.02. The molecule has 0 bridgehead atoms. The lowest BCUT2D eigenvalue weighted by Gasteiger charge is -2.07. The van der Waals surface area contributed by atoms with Crippen molar-refractivity contribution in [2.45, 2.75) is 45.4 Å². The van der Waals surface area contributed by atoms with E-state index in [9.17, 15) is 9.18 Å². The number of hydrogen-bond acceptors (Lipinski definition) is 2. The fourth-order valence-corrected chi connectivity index (χ4v) is 1.97. The van der Waals surface area contributed by atoms with Gasteiger partial charge in [-0.3, -0.25) is 4.79 Å². The Morgan fingerprint density at radius 2 is 2.05 bits per heavy atom. The normalized spacial score (nSPS) is 9.86. The molecule has 0 spiro atoms. The van der Waals surface area contributed by atoms with Crippen molar-refractivity contribution in [3.8, 4) is 11.8 Å². The van der Waals surface area contributed by atoms with Crippen LogP contribution in [0.1, 0.15) is 51.0 Å². The Kier molecular flexibility index (Phi) is 8.15. The van der Waals surface area contributed by atoms with Gasteiger partial charge < -0.3 is 10.4 Å². The second kappa shape index (κ2) is 9.95. The Labute approximate surface area is 125 Å².